The highest BCUT2D eigenvalue weighted by Crippen LogP contribution is 2.52. The Morgan fingerprint density at radius 2 is 2.11 bits per heavy atom. The third-order valence-corrected chi connectivity index (χ3v) is 9.38. The van der Waals surface area contributed by atoms with Crippen LogP contribution < -0.4 is 20.9 Å². The number of aromatic nitrogens is 2. The van der Waals surface area contributed by atoms with Gasteiger partial charge >= 0.3 is 7.52 Å². The first-order valence-corrected chi connectivity index (χ1v) is 15.5. The summed E-state index contributed by atoms with van der Waals surface area (Å²) in [5, 5.41) is 22.4. The van der Waals surface area contributed by atoms with Gasteiger partial charge in [0.1, 0.15) is 11.3 Å². The number of rotatable bonds is 7. The van der Waals surface area contributed by atoms with Gasteiger partial charge in [0.15, 0.2) is 11.6 Å². The van der Waals surface area contributed by atoms with E-state index in [2.05, 4.69) is 19.9 Å². The van der Waals surface area contributed by atoms with Crippen LogP contribution in [0.15, 0.2) is 44.6 Å². The minimum Gasteiger partial charge on any atom is -0.505 e. The lowest BCUT2D eigenvalue weighted by atomic mass is 9.85. The van der Waals surface area contributed by atoms with E-state index >= 15 is 0 Å². The van der Waals surface area contributed by atoms with E-state index in [0.29, 0.717) is 23.7 Å². The Morgan fingerprint density at radius 1 is 1.33 bits per heavy atom. The summed E-state index contributed by atoms with van der Waals surface area (Å²) in [5.41, 5.74) is 0.633. The number of nitrogens with one attached hydrogen (secondary N) is 2. The van der Waals surface area contributed by atoms with Gasteiger partial charge in [0.25, 0.3) is 5.56 Å². The van der Waals surface area contributed by atoms with Gasteiger partial charge < -0.3 is 14.9 Å². The molecular formula is C22H24N5O6PS2. The van der Waals surface area contributed by atoms with Gasteiger partial charge in [-0.3, -0.25) is 14.1 Å². The van der Waals surface area contributed by atoms with Crippen LogP contribution in [0.5, 0.6) is 5.75 Å². The zero-order valence-corrected chi connectivity index (χ0v) is 22.0. The monoisotopic (exact) mass is 549 g/mol. The predicted molar refractivity (Wildman–Crippen MR) is 140 cm³/mol. The quantitative estimate of drug-likeness (QED) is 0.380. The van der Waals surface area contributed by atoms with Crippen LogP contribution in [-0.4, -0.2) is 42.5 Å². The van der Waals surface area contributed by atoms with Crippen molar-refractivity contribution in [1.82, 2.24) is 9.78 Å². The molecule has 3 aromatic rings. The molecule has 2 aliphatic rings. The molecule has 0 radical (unpaired) electrons. The molecule has 3 N–H and O–H groups in total. The number of benzene rings is 1. The molecule has 1 unspecified atom stereocenters. The average Bonchev–Trinajstić information content (AvgIpc) is 3.31. The number of amidine groups is 1. The van der Waals surface area contributed by atoms with Crippen molar-refractivity contribution in [3.63, 3.8) is 0 Å². The Kier molecular flexibility index (Phi) is 6.27. The second-order valence-corrected chi connectivity index (χ2v) is 13.4. The number of anilines is 2. The van der Waals surface area contributed by atoms with E-state index in [1.807, 2.05) is 10.8 Å². The first-order chi connectivity index (χ1) is 17.1. The van der Waals surface area contributed by atoms with Crippen molar-refractivity contribution in [2.75, 3.05) is 23.4 Å². The van der Waals surface area contributed by atoms with E-state index in [1.54, 1.807) is 6.07 Å². The number of sulfonamides is 1. The molecule has 11 nitrogen and oxygen atoms in total. The van der Waals surface area contributed by atoms with Gasteiger partial charge in [0.2, 0.25) is 10.0 Å². The van der Waals surface area contributed by atoms with Gasteiger partial charge in [-0.15, -0.1) is 0 Å². The second-order valence-electron chi connectivity index (χ2n) is 8.75. The summed E-state index contributed by atoms with van der Waals surface area (Å²) in [7, 11) is -6.29. The van der Waals surface area contributed by atoms with E-state index in [-0.39, 0.29) is 33.8 Å². The fraction of sp³-hybridized carbons (Fsp3) is 0.318. The van der Waals surface area contributed by atoms with Crippen LogP contribution in [0, 0.1) is 5.92 Å². The lowest BCUT2D eigenvalue weighted by Gasteiger charge is -2.27. The zero-order valence-electron chi connectivity index (χ0n) is 19.5. The zero-order chi connectivity index (χ0) is 25.7. The summed E-state index contributed by atoms with van der Waals surface area (Å²) >= 11 is 1.43. The largest absolute Gasteiger partial charge is 0.505 e. The lowest BCUT2D eigenvalue weighted by Crippen LogP contribution is -2.36. The maximum Gasteiger partial charge on any atom is 0.348 e. The summed E-state index contributed by atoms with van der Waals surface area (Å²) in [6.07, 6.45) is 4.09. The molecular weight excluding hydrogens is 525 g/mol. The van der Waals surface area contributed by atoms with Crippen LogP contribution in [0.2, 0.25) is 0 Å². The molecule has 1 aliphatic carbocycles. The maximum absolute atomic E-state index is 13.7. The average molecular weight is 550 g/mol. The molecule has 0 saturated heterocycles. The number of hydrogen-bond donors (Lipinski definition) is 3. The Morgan fingerprint density at radius 3 is 2.72 bits per heavy atom. The van der Waals surface area contributed by atoms with Gasteiger partial charge in [-0.05, 0) is 48.4 Å². The second kappa shape index (κ2) is 9.15. The molecule has 3 heterocycles. The summed E-state index contributed by atoms with van der Waals surface area (Å²) in [4.78, 5) is 13.5. The van der Waals surface area contributed by atoms with Crippen molar-refractivity contribution in [2.24, 2.45) is 10.7 Å². The molecule has 190 valence electrons. The minimum atomic E-state index is -3.94. The van der Waals surface area contributed by atoms with E-state index in [1.165, 1.54) is 41.3 Å². The fourth-order valence-electron chi connectivity index (χ4n) is 4.15. The predicted octanol–water partition coefficient (Wildman–Crippen LogP) is 3.19. The highest BCUT2D eigenvalue weighted by molar-refractivity contribution is 7.92. The van der Waals surface area contributed by atoms with Crippen molar-refractivity contribution in [3.05, 3.63) is 50.9 Å². The van der Waals surface area contributed by atoms with E-state index in [4.69, 9.17) is 4.52 Å². The van der Waals surface area contributed by atoms with E-state index in [0.717, 1.165) is 25.5 Å². The van der Waals surface area contributed by atoms with Crippen molar-refractivity contribution < 1.29 is 22.6 Å². The molecule has 1 aliphatic heterocycles. The molecule has 0 amide bonds. The number of nitrogens with zero attached hydrogens (tertiary/aromatic N) is 3. The summed E-state index contributed by atoms with van der Waals surface area (Å²) < 4.78 is 50.3. The number of thiophene rings is 1. The third kappa shape index (κ3) is 4.59. The summed E-state index contributed by atoms with van der Waals surface area (Å²) in [6.45, 7) is 0.398. The van der Waals surface area contributed by atoms with Gasteiger partial charge in [-0.1, -0.05) is 6.42 Å². The highest BCUT2D eigenvalue weighted by Gasteiger charge is 2.36. The Labute approximate surface area is 211 Å². The van der Waals surface area contributed by atoms with Crippen molar-refractivity contribution in [1.29, 1.82) is 0 Å². The summed E-state index contributed by atoms with van der Waals surface area (Å²) in [6, 6.07) is 6.14. The van der Waals surface area contributed by atoms with Crippen LogP contribution in [0.25, 0.3) is 11.3 Å². The molecule has 0 spiro atoms. The Balaban J connectivity index is 1.66. The van der Waals surface area contributed by atoms with Gasteiger partial charge in [-0.25, -0.2) is 13.1 Å². The van der Waals surface area contributed by atoms with Crippen LogP contribution >= 0.6 is 18.9 Å². The van der Waals surface area contributed by atoms with Gasteiger partial charge in [0, 0.05) is 30.3 Å². The minimum absolute atomic E-state index is 0.111. The first kappa shape index (κ1) is 24.7. The molecule has 5 rings (SSSR count). The van der Waals surface area contributed by atoms with Crippen LogP contribution in [0.3, 0.4) is 0 Å². The molecule has 1 aromatic carbocycles. The normalized spacial score (nSPS) is 19.7. The van der Waals surface area contributed by atoms with Crippen LogP contribution in [0.4, 0.5) is 11.4 Å². The van der Waals surface area contributed by atoms with E-state index in [9.17, 15) is 22.9 Å². The van der Waals surface area contributed by atoms with Gasteiger partial charge in [-0.2, -0.15) is 21.2 Å². The number of aromatic hydroxyl groups is 1. The SMILES string of the molecule is COP1(=O)N=C(c2c(O)c(-c3ccsc3)nn(CC3CCC3)c2=O)Nc2ccc(NS(C)(=O)=O)cc21. The number of fused-ring (bicyclic) bond motifs is 1. The van der Waals surface area contributed by atoms with Crippen LogP contribution in [-0.2, 0) is 25.7 Å². The lowest BCUT2D eigenvalue weighted by molar-refractivity contribution is 0.261. The van der Waals surface area contributed by atoms with E-state index < -0.39 is 23.1 Å². The Bertz CT molecular complexity index is 1580. The van der Waals surface area contributed by atoms with Crippen molar-refractivity contribution >= 4 is 51.4 Å². The first-order valence-electron chi connectivity index (χ1n) is 11.1. The topological polar surface area (TPSA) is 152 Å². The smallest absolute Gasteiger partial charge is 0.348 e. The maximum atomic E-state index is 13.7. The third-order valence-electron chi connectivity index (χ3n) is 6.16. The Hall–Kier alpha value is -2.99. The molecule has 1 saturated carbocycles. The van der Waals surface area contributed by atoms with Crippen LogP contribution in [0.1, 0.15) is 24.8 Å². The number of hydrogen-bond acceptors (Lipinski definition) is 9. The molecule has 1 atom stereocenters. The molecule has 1 fully saturated rings. The van der Waals surface area contributed by atoms with Crippen molar-refractivity contribution in [2.45, 2.75) is 25.8 Å². The summed E-state index contributed by atoms with van der Waals surface area (Å²) in [5.74, 6) is -0.174. The molecule has 14 heteroatoms. The fourth-order valence-corrected chi connectivity index (χ4v) is 6.88. The highest BCUT2D eigenvalue weighted by atomic mass is 32.2. The van der Waals surface area contributed by atoms with Gasteiger partial charge in [0.05, 0.1) is 17.2 Å². The molecule has 36 heavy (non-hydrogen) atoms. The van der Waals surface area contributed by atoms with Crippen molar-refractivity contribution in [3.8, 4) is 17.0 Å². The molecule has 0 bridgehead atoms. The molecule has 2 aromatic heterocycles. The standard InChI is InChI=1S/C22H24N5O6PS2/c1-33-34(30)17-10-15(26-36(2,31)32)6-7-16(17)23-21(25-34)18-20(28)19(14-8-9-35-12-14)24-27(22(18)29)11-13-4-3-5-13/h6-10,12-13,26,28H,3-5,11H2,1-2H3,(H,23,25,30).